The van der Waals surface area contributed by atoms with Crippen molar-refractivity contribution >= 4 is 11.4 Å². The van der Waals surface area contributed by atoms with Crippen molar-refractivity contribution in [2.75, 3.05) is 11.5 Å². The summed E-state index contributed by atoms with van der Waals surface area (Å²) in [4.78, 5) is 3.48. The van der Waals surface area contributed by atoms with Crippen LogP contribution in [0.3, 0.4) is 0 Å². The van der Waals surface area contributed by atoms with Gasteiger partial charge in [-0.25, -0.2) is 8.78 Å². The van der Waals surface area contributed by atoms with Crippen LogP contribution in [0.15, 0.2) is 12.4 Å². The van der Waals surface area contributed by atoms with Gasteiger partial charge in [-0.3, -0.25) is 4.98 Å². The van der Waals surface area contributed by atoms with E-state index in [-0.39, 0.29) is 16.9 Å². The Morgan fingerprint density at radius 1 is 1.27 bits per heavy atom. The summed E-state index contributed by atoms with van der Waals surface area (Å²) < 4.78 is 24.1. The number of pyridine rings is 1. The van der Waals surface area contributed by atoms with E-state index >= 15 is 0 Å². The van der Waals surface area contributed by atoms with Crippen LogP contribution in [0.25, 0.3) is 0 Å². The number of hydrogen-bond donors (Lipinski definition) is 2. The summed E-state index contributed by atoms with van der Waals surface area (Å²) in [5.74, 6) is 0. The Hall–Kier alpha value is -1.39. The van der Waals surface area contributed by atoms with Crippen LogP contribution >= 0.6 is 0 Å². The van der Waals surface area contributed by atoms with Gasteiger partial charge in [-0.2, -0.15) is 0 Å². The fourth-order valence-corrected chi connectivity index (χ4v) is 0.678. The Labute approximate surface area is 62.0 Å². The molecule has 0 aromatic carbocycles. The minimum atomic E-state index is -2.62. The normalized spacial score (nSPS) is 10.5. The van der Waals surface area contributed by atoms with E-state index in [2.05, 4.69) is 4.98 Å². The molecule has 0 radical (unpaired) electrons. The van der Waals surface area contributed by atoms with Crippen LogP contribution in [0.1, 0.15) is 12.0 Å². The lowest BCUT2D eigenvalue weighted by Crippen LogP contribution is -2.00. The lowest BCUT2D eigenvalue weighted by molar-refractivity contribution is 0.152. The molecule has 1 rings (SSSR count). The maximum atomic E-state index is 12.0. The monoisotopic (exact) mass is 159 g/mol. The fraction of sp³-hybridized carbons (Fsp3) is 0.167. The number of aromatic nitrogens is 1. The zero-order valence-corrected chi connectivity index (χ0v) is 5.59. The predicted molar refractivity (Wildman–Crippen MR) is 38.0 cm³/mol. The molecule has 4 N–H and O–H groups in total. The highest BCUT2D eigenvalue weighted by Crippen LogP contribution is 2.27. The zero-order valence-electron chi connectivity index (χ0n) is 5.59. The molecule has 60 valence electrons. The summed E-state index contributed by atoms with van der Waals surface area (Å²) in [5, 5.41) is 0. The van der Waals surface area contributed by atoms with Crippen LogP contribution in [-0.2, 0) is 0 Å². The van der Waals surface area contributed by atoms with Gasteiger partial charge in [0.2, 0.25) is 0 Å². The Morgan fingerprint density at radius 2 is 1.91 bits per heavy atom. The van der Waals surface area contributed by atoms with Gasteiger partial charge in [0, 0.05) is 6.20 Å². The maximum absolute atomic E-state index is 12.0. The number of nitrogen functional groups attached to an aromatic ring is 2. The second-order valence-corrected chi connectivity index (χ2v) is 2.03. The first-order chi connectivity index (χ1) is 5.13. The quantitative estimate of drug-likeness (QED) is 0.646. The van der Waals surface area contributed by atoms with Gasteiger partial charge in [-0.1, -0.05) is 0 Å². The number of anilines is 2. The van der Waals surface area contributed by atoms with Crippen LogP contribution < -0.4 is 11.5 Å². The van der Waals surface area contributed by atoms with E-state index in [1.165, 1.54) is 6.20 Å². The minimum absolute atomic E-state index is 0.0859. The molecule has 1 aromatic heterocycles. The van der Waals surface area contributed by atoms with Crippen molar-refractivity contribution in [1.29, 1.82) is 0 Å². The van der Waals surface area contributed by atoms with E-state index in [0.717, 1.165) is 6.20 Å². The molecule has 0 amide bonds. The van der Waals surface area contributed by atoms with Gasteiger partial charge in [0.25, 0.3) is 6.43 Å². The van der Waals surface area contributed by atoms with Crippen LogP contribution in [0.5, 0.6) is 0 Å². The average molecular weight is 159 g/mol. The highest BCUT2D eigenvalue weighted by Gasteiger charge is 2.12. The van der Waals surface area contributed by atoms with E-state index in [9.17, 15) is 8.78 Å². The van der Waals surface area contributed by atoms with Crippen LogP contribution in [0.4, 0.5) is 20.2 Å². The number of halogens is 2. The van der Waals surface area contributed by atoms with Crippen LogP contribution in [0, 0.1) is 0 Å². The molecule has 5 heteroatoms. The molecule has 0 saturated heterocycles. The van der Waals surface area contributed by atoms with Crippen molar-refractivity contribution in [3.05, 3.63) is 18.0 Å². The number of rotatable bonds is 1. The summed E-state index contributed by atoms with van der Waals surface area (Å²) in [5.41, 5.74) is 10.2. The summed E-state index contributed by atoms with van der Waals surface area (Å²) in [6, 6.07) is 0. The molecule has 0 fully saturated rings. The van der Waals surface area contributed by atoms with Crippen LogP contribution in [0.2, 0.25) is 0 Å². The van der Waals surface area contributed by atoms with Crippen molar-refractivity contribution in [3.63, 3.8) is 0 Å². The molecule has 1 heterocycles. The van der Waals surface area contributed by atoms with Crippen molar-refractivity contribution in [3.8, 4) is 0 Å². The molecule has 3 nitrogen and oxygen atoms in total. The van der Waals surface area contributed by atoms with Crippen molar-refractivity contribution < 1.29 is 8.78 Å². The summed E-state index contributed by atoms with van der Waals surface area (Å²) in [7, 11) is 0. The topological polar surface area (TPSA) is 64.9 Å². The average Bonchev–Trinajstić information content (AvgIpc) is 1.94. The standard InChI is InChI=1S/C6H7F2N3/c7-6(8)3-1-11-2-4(9)5(3)10/h1-2,6H,9H2,(H2,10,11). The third-order valence-electron chi connectivity index (χ3n) is 1.28. The van der Waals surface area contributed by atoms with E-state index in [1.807, 2.05) is 0 Å². The summed E-state index contributed by atoms with van der Waals surface area (Å²) in [6.45, 7) is 0. The van der Waals surface area contributed by atoms with Crippen LogP contribution in [-0.4, -0.2) is 4.98 Å². The predicted octanol–water partition coefficient (Wildman–Crippen LogP) is 1.18. The van der Waals surface area contributed by atoms with Gasteiger partial charge in [0.1, 0.15) is 0 Å². The highest BCUT2D eigenvalue weighted by molar-refractivity contribution is 5.65. The van der Waals surface area contributed by atoms with Gasteiger partial charge >= 0.3 is 0 Å². The molecule has 11 heavy (non-hydrogen) atoms. The smallest absolute Gasteiger partial charge is 0.267 e. The van der Waals surface area contributed by atoms with Crippen molar-refractivity contribution in [1.82, 2.24) is 4.98 Å². The molecular formula is C6H7F2N3. The number of hydrogen-bond acceptors (Lipinski definition) is 3. The second-order valence-electron chi connectivity index (χ2n) is 2.03. The first-order valence-corrected chi connectivity index (χ1v) is 2.90. The number of nitrogens with two attached hydrogens (primary N) is 2. The van der Waals surface area contributed by atoms with Gasteiger partial charge in [-0.15, -0.1) is 0 Å². The fourth-order valence-electron chi connectivity index (χ4n) is 0.678. The number of alkyl halides is 2. The van der Waals surface area contributed by atoms with E-state index in [4.69, 9.17) is 11.5 Å². The molecule has 0 bridgehead atoms. The van der Waals surface area contributed by atoms with Gasteiger partial charge in [0.15, 0.2) is 0 Å². The Balaban J connectivity index is 3.17. The molecule has 0 unspecified atom stereocenters. The maximum Gasteiger partial charge on any atom is 0.267 e. The Kier molecular flexibility index (Phi) is 1.89. The van der Waals surface area contributed by atoms with E-state index in [1.54, 1.807) is 0 Å². The summed E-state index contributed by atoms with van der Waals surface area (Å²) >= 11 is 0. The van der Waals surface area contributed by atoms with Gasteiger partial charge in [0.05, 0.1) is 23.1 Å². The van der Waals surface area contributed by atoms with E-state index < -0.39 is 6.43 Å². The highest BCUT2D eigenvalue weighted by atomic mass is 19.3. The Bertz CT molecular complexity index is 262. The first-order valence-electron chi connectivity index (χ1n) is 2.90. The van der Waals surface area contributed by atoms with Gasteiger partial charge in [-0.05, 0) is 0 Å². The molecule has 0 aliphatic rings. The third-order valence-corrected chi connectivity index (χ3v) is 1.28. The minimum Gasteiger partial charge on any atom is -0.397 e. The molecule has 0 atom stereocenters. The first kappa shape index (κ1) is 7.71. The molecule has 1 aromatic rings. The molecule has 0 aliphatic heterocycles. The molecular weight excluding hydrogens is 152 g/mol. The molecule has 0 saturated carbocycles. The number of nitrogens with zero attached hydrogens (tertiary/aromatic N) is 1. The lowest BCUT2D eigenvalue weighted by atomic mass is 10.2. The SMILES string of the molecule is Nc1cncc(C(F)F)c1N. The zero-order chi connectivity index (χ0) is 8.43. The second kappa shape index (κ2) is 2.69. The lowest BCUT2D eigenvalue weighted by Gasteiger charge is -2.04. The van der Waals surface area contributed by atoms with Gasteiger partial charge < -0.3 is 11.5 Å². The van der Waals surface area contributed by atoms with E-state index in [0.29, 0.717) is 0 Å². The largest absolute Gasteiger partial charge is 0.397 e. The molecule has 0 spiro atoms. The summed E-state index contributed by atoms with van der Waals surface area (Å²) in [6.07, 6.45) is -0.372. The van der Waals surface area contributed by atoms with Crippen molar-refractivity contribution in [2.45, 2.75) is 6.43 Å². The Morgan fingerprint density at radius 3 is 2.36 bits per heavy atom. The molecule has 0 aliphatic carbocycles. The third kappa shape index (κ3) is 1.36. The van der Waals surface area contributed by atoms with Crippen molar-refractivity contribution in [2.24, 2.45) is 0 Å².